The number of hydrogen-bond donors (Lipinski definition) is 2. The maximum Gasteiger partial charge on any atom is 0.226 e. The summed E-state index contributed by atoms with van der Waals surface area (Å²) >= 11 is 0. The molecule has 0 aromatic heterocycles. The maximum absolute atomic E-state index is 12.6. The molecule has 2 N–H and O–H groups in total. The Labute approximate surface area is 116 Å². The van der Waals surface area contributed by atoms with E-state index in [0.717, 1.165) is 38.6 Å². The topological polar surface area (TPSA) is 49.3 Å². The quantitative estimate of drug-likeness (QED) is 0.820. The third-order valence-corrected chi connectivity index (χ3v) is 5.52. The molecule has 0 aliphatic heterocycles. The van der Waals surface area contributed by atoms with E-state index in [9.17, 15) is 9.90 Å². The number of carbonyl (C=O) groups excluding carboxylic acids is 1. The minimum Gasteiger partial charge on any atom is -0.390 e. The van der Waals surface area contributed by atoms with E-state index >= 15 is 0 Å². The second-order valence-corrected chi connectivity index (χ2v) is 7.90. The third kappa shape index (κ3) is 2.42. The molecule has 0 unspecified atom stereocenters. The van der Waals surface area contributed by atoms with Crippen molar-refractivity contribution in [3.8, 4) is 0 Å². The van der Waals surface area contributed by atoms with Gasteiger partial charge < -0.3 is 10.4 Å². The maximum atomic E-state index is 12.6. The Kier molecular flexibility index (Phi) is 3.16. The van der Waals surface area contributed by atoms with Gasteiger partial charge in [0.25, 0.3) is 0 Å². The van der Waals surface area contributed by atoms with Crippen LogP contribution in [-0.2, 0) is 4.79 Å². The first-order valence-corrected chi connectivity index (χ1v) is 7.92. The molecule has 1 amide bonds. The van der Waals surface area contributed by atoms with Crippen molar-refractivity contribution in [2.24, 2.45) is 23.2 Å². The van der Waals surface area contributed by atoms with E-state index in [-0.39, 0.29) is 11.3 Å². The molecule has 3 nitrogen and oxygen atoms in total. The lowest BCUT2D eigenvalue weighted by atomic mass is 9.47. The van der Waals surface area contributed by atoms with Crippen LogP contribution in [0.15, 0.2) is 0 Å². The van der Waals surface area contributed by atoms with E-state index in [1.165, 1.54) is 6.42 Å². The molecule has 108 valence electrons. The van der Waals surface area contributed by atoms with Crippen LogP contribution in [0.25, 0.3) is 0 Å². The van der Waals surface area contributed by atoms with Gasteiger partial charge >= 0.3 is 0 Å². The second kappa shape index (κ2) is 4.47. The summed E-state index contributed by atoms with van der Waals surface area (Å²) in [4.78, 5) is 12.6. The number of rotatable bonds is 4. The van der Waals surface area contributed by atoms with Gasteiger partial charge in [0.15, 0.2) is 0 Å². The smallest absolute Gasteiger partial charge is 0.226 e. The zero-order valence-electron chi connectivity index (χ0n) is 12.2. The highest BCUT2D eigenvalue weighted by Crippen LogP contribution is 2.61. The van der Waals surface area contributed by atoms with Crippen molar-refractivity contribution in [2.75, 3.05) is 6.54 Å². The molecule has 4 bridgehead atoms. The third-order valence-electron chi connectivity index (χ3n) is 5.52. The molecule has 4 saturated carbocycles. The fourth-order valence-corrected chi connectivity index (χ4v) is 5.14. The van der Waals surface area contributed by atoms with Gasteiger partial charge in [-0.2, -0.15) is 0 Å². The van der Waals surface area contributed by atoms with Gasteiger partial charge in [0, 0.05) is 6.54 Å². The zero-order chi connectivity index (χ0) is 13.7. The first-order valence-electron chi connectivity index (χ1n) is 7.92. The predicted molar refractivity (Wildman–Crippen MR) is 74.5 cm³/mol. The summed E-state index contributed by atoms with van der Waals surface area (Å²) in [5, 5.41) is 13.8. The monoisotopic (exact) mass is 265 g/mol. The average Bonchev–Trinajstić information content (AvgIpc) is 2.24. The summed E-state index contributed by atoms with van der Waals surface area (Å²) in [6, 6.07) is 0. The first-order chi connectivity index (χ1) is 8.91. The number of aliphatic hydroxyl groups is 1. The Bertz CT molecular complexity index is 363. The van der Waals surface area contributed by atoms with Crippen molar-refractivity contribution in [3.63, 3.8) is 0 Å². The van der Waals surface area contributed by atoms with Crippen LogP contribution in [0.1, 0.15) is 58.8 Å². The van der Waals surface area contributed by atoms with Crippen molar-refractivity contribution >= 4 is 5.91 Å². The van der Waals surface area contributed by atoms with Gasteiger partial charge in [-0.3, -0.25) is 4.79 Å². The molecule has 19 heavy (non-hydrogen) atoms. The zero-order valence-corrected chi connectivity index (χ0v) is 12.2. The van der Waals surface area contributed by atoms with Crippen LogP contribution in [0.4, 0.5) is 0 Å². The number of amides is 1. The Balaban J connectivity index is 1.68. The van der Waals surface area contributed by atoms with E-state index < -0.39 is 5.60 Å². The van der Waals surface area contributed by atoms with E-state index in [1.54, 1.807) is 0 Å². The van der Waals surface area contributed by atoms with Crippen molar-refractivity contribution in [1.29, 1.82) is 0 Å². The van der Waals surface area contributed by atoms with Gasteiger partial charge in [-0.25, -0.2) is 0 Å². The highest BCUT2D eigenvalue weighted by atomic mass is 16.3. The van der Waals surface area contributed by atoms with E-state index in [0.29, 0.717) is 24.2 Å². The van der Waals surface area contributed by atoms with E-state index in [2.05, 4.69) is 19.2 Å². The first kappa shape index (κ1) is 13.4. The van der Waals surface area contributed by atoms with Gasteiger partial charge in [0.05, 0.1) is 11.0 Å². The molecule has 4 rings (SSSR count). The minimum absolute atomic E-state index is 0.223. The van der Waals surface area contributed by atoms with Crippen LogP contribution in [0.5, 0.6) is 0 Å². The summed E-state index contributed by atoms with van der Waals surface area (Å²) in [6.07, 6.45) is 6.89. The SMILES string of the molecule is CC(C)CCNC(=O)C12C[C@H]3C[C@@H](CC(O)(C3)C1)C2. The van der Waals surface area contributed by atoms with Crippen LogP contribution in [0, 0.1) is 23.2 Å². The van der Waals surface area contributed by atoms with Gasteiger partial charge in [-0.1, -0.05) is 13.8 Å². The Morgan fingerprint density at radius 2 is 1.89 bits per heavy atom. The van der Waals surface area contributed by atoms with Gasteiger partial charge in [-0.15, -0.1) is 0 Å². The molecule has 0 saturated heterocycles. The van der Waals surface area contributed by atoms with Gasteiger partial charge in [0.1, 0.15) is 0 Å². The lowest BCUT2D eigenvalue weighted by molar-refractivity contribution is -0.178. The molecular formula is C16H27NO2. The number of nitrogens with one attached hydrogen (secondary N) is 1. The minimum atomic E-state index is -0.528. The fraction of sp³-hybridized carbons (Fsp3) is 0.938. The van der Waals surface area contributed by atoms with Crippen LogP contribution in [0.3, 0.4) is 0 Å². The average molecular weight is 265 g/mol. The molecule has 0 spiro atoms. The predicted octanol–water partition coefficient (Wildman–Crippen LogP) is 2.48. The van der Waals surface area contributed by atoms with Crippen LogP contribution in [0.2, 0.25) is 0 Å². The van der Waals surface area contributed by atoms with Crippen LogP contribution < -0.4 is 5.32 Å². The Morgan fingerprint density at radius 3 is 2.42 bits per heavy atom. The standard InChI is InChI=1S/C16H27NO2/c1-11(2)3-4-17-14(18)15-6-12-5-13(7-15)9-16(19,8-12)10-15/h11-13,19H,3-10H2,1-2H3,(H,17,18)/t12-,13-,15?,16?/m1/s1. The van der Waals surface area contributed by atoms with Crippen molar-refractivity contribution in [2.45, 2.75) is 64.4 Å². The summed E-state index contributed by atoms with van der Waals surface area (Å²) in [5.74, 6) is 2.02. The second-order valence-electron chi connectivity index (χ2n) is 7.90. The van der Waals surface area contributed by atoms with Crippen molar-refractivity contribution in [1.82, 2.24) is 5.32 Å². The van der Waals surface area contributed by atoms with E-state index in [1.807, 2.05) is 0 Å². The molecule has 2 atom stereocenters. The molecule has 0 heterocycles. The van der Waals surface area contributed by atoms with Crippen LogP contribution >= 0.6 is 0 Å². The summed E-state index contributed by atoms with van der Waals surface area (Å²) in [5.41, 5.74) is -0.769. The lowest BCUT2D eigenvalue weighted by Gasteiger charge is -2.59. The summed E-state index contributed by atoms with van der Waals surface area (Å²) in [7, 11) is 0. The van der Waals surface area contributed by atoms with Crippen molar-refractivity contribution < 1.29 is 9.90 Å². The fourth-order valence-electron chi connectivity index (χ4n) is 5.14. The summed E-state index contributed by atoms with van der Waals surface area (Å²) in [6.45, 7) is 5.14. The lowest BCUT2D eigenvalue weighted by Crippen LogP contribution is -2.60. The highest BCUT2D eigenvalue weighted by Gasteiger charge is 2.59. The van der Waals surface area contributed by atoms with Gasteiger partial charge in [-0.05, 0) is 62.7 Å². The normalized spacial score (nSPS) is 43.8. The summed E-state index contributed by atoms with van der Waals surface area (Å²) < 4.78 is 0. The molecular weight excluding hydrogens is 238 g/mol. The Morgan fingerprint density at radius 1 is 1.26 bits per heavy atom. The number of hydrogen-bond acceptors (Lipinski definition) is 2. The molecule has 0 radical (unpaired) electrons. The van der Waals surface area contributed by atoms with Gasteiger partial charge in [0.2, 0.25) is 5.91 Å². The highest BCUT2D eigenvalue weighted by molar-refractivity contribution is 5.83. The molecule has 4 aliphatic carbocycles. The molecule has 0 aromatic carbocycles. The molecule has 3 heteroatoms. The molecule has 4 aliphatic rings. The molecule has 0 aromatic rings. The largest absolute Gasteiger partial charge is 0.390 e. The number of carbonyl (C=O) groups is 1. The Hall–Kier alpha value is -0.570. The van der Waals surface area contributed by atoms with E-state index in [4.69, 9.17) is 0 Å². The molecule has 4 fully saturated rings. The van der Waals surface area contributed by atoms with Crippen LogP contribution in [-0.4, -0.2) is 23.2 Å². The van der Waals surface area contributed by atoms with Crippen molar-refractivity contribution in [3.05, 3.63) is 0 Å².